The van der Waals surface area contributed by atoms with Crippen LogP contribution in [0.5, 0.6) is 0 Å². The van der Waals surface area contributed by atoms with Crippen LogP contribution in [-0.2, 0) is 0 Å². The highest BCUT2D eigenvalue weighted by molar-refractivity contribution is 5.60. The van der Waals surface area contributed by atoms with Gasteiger partial charge in [0.2, 0.25) is 0 Å². The van der Waals surface area contributed by atoms with Gasteiger partial charge in [0, 0.05) is 18.2 Å². The summed E-state index contributed by atoms with van der Waals surface area (Å²) in [5.41, 5.74) is 6.72. The van der Waals surface area contributed by atoms with Gasteiger partial charge < -0.3 is 16.2 Å². The van der Waals surface area contributed by atoms with E-state index in [9.17, 15) is 5.11 Å². The molecular weight excluding hydrogens is 252 g/mol. The number of nitrogen functional groups attached to an aromatic ring is 1. The molecule has 0 radical (unpaired) electrons. The van der Waals surface area contributed by atoms with Crippen LogP contribution in [0.25, 0.3) is 11.4 Å². The molecule has 0 saturated carbocycles. The summed E-state index contributed by atoms with van der Waals surface area (Å²) in [7, 11) is 0. The van der Waals surface area contributed by atoms with E-state index in [4.69, 9.17) is 5.73 Å². The van der Waals surface area contributed by atoms with Gasteiger partial charge in [-0.3, -0.25) is 0 Å². The van der Waals surface area contributed by atoms with Crippen molar-refractivity contribution in [3.63, 3.8) is 0 Å². The van der Waals surface area contributed by atoms with Gasteiger partial charge in [-0.25, -0.2) is 9.97 Å². The maximum absolute atomic E-state index is 9.73. The molecule has 5 heteroatoms. The molecule has 2 rings (SSSR count). The summed E-state index contributed by atoms with van der Waals surface area (Å²) in [4.78, 5) is 8.65. The van der Waals surface area contributed by atoms with Crippen LogP contribution in [-0.4, -0.2) is 27.7 Å². The van der Waals surface area contributed by atoms with Gasteiger partial charge in [0.1, 0.15) is 11.6 Å². The van der Waals surface area contributed by atoms with E-state index in [0.29, 0.717) is 24.0 Å². The maximum Gasteiger partial charge on any atom is 0.163 e. The van der Waals surface area contributed by atoms with E-state index in [1.807, 2.05) is 37.3 Å². The van der Waals surface area contributed by atoms with E-state index in [1.165, 1.54) is 0 Å². The van der Waals surface area contributed by atoms with Crippen molar-refractivity contribution in [1.29, 1.82) is 0 Å². The SMILES string of the molecule is CCCC(O)CNc1cc(N)nc(-c2ccccc2)n1. The zero-order valence-corrected chi connectivity index (χ0v) is 11.6. The predicted octanol–water partition coefficient (Wildman–Crippen LogP) is 2.30. The van der Waals surface area contributed by atoms with Crippen molar-refractivity contribution in [1.82, 2.24) is 9.97 Å². The van der Waals surface area contributed by atoms with Gasteiger partial charge in [-0.15, -0.1) is 0 Å². The number of nitrogens with one attached hydrogen (secondary N) is 1. The summed E-state index contributed by atoms with van der Waals surface area (Å²) in [5, 5.41) is 12.8. The molecule has 0 fully saturated rings. The largest absolute Gasteiger partial charge is 0.391 e. The monoisotopic (exact) mass is 272 g/mol. The maximum atomic E-state index is 9.73. The smallest absolute Gasteiger partial charge is 0.163 e. The molecule has 1 aromatic heterocycles. The zero-order valence-electron chi connectivity index (χ0n) is 11.6. The minimum atomic E-state index is -0.378. The summed E-state index contributed by atoms with van der Waals surface area (Å²) in [5.74, 6) is 1.62. The van der Waals surface area contributed by atoms with Crippen LogP contribution in [0.4, 0.5) is 11.6 Å². The molecule has 0 spiro atoms. The molecule has 0 aliphatic carbocycles. The first kappa shape index (κ1) is 14.3. The molecule has 4 N–H and O–H groups in total. The lowest BCUT2D eigenvalue weighted by Gasteiger charge is -2.12. The molecule has 0 aliphatic rings. The molecule has 1 unspecified atom stereocenters. The predicted molar refractivity (Wildman–Crippen MR) is 81.3 cm³/mol. The number of benzene rings is 1. The Balaban J connectivity index is 2.13. The zero-order chi connectivity index (χ0) is 14.4. The lowest BCUT2D eigenvalue weighted by molar-refractivity contribution is 0.176. The average Bonchev–Trinajstić information content (AvgIpc) is 2.46. The highest BCUT2D eigenvalue weighted by Gasteiger charge is 2.07. The van der Waals surface area contributed by atoms with Crippen molar-refractivity contribution >= 4 is 11.6 Å². The number of nitrogens with two attached hydrogens (primary N) is 1. The first-order valence-electron chi connectivity index (χ1n) is 6.81. The van der Waals surface area contributed by atoms with Crippen LogP contribution in [0.15, 0.2) is 36.4 Å². The molecule has 0 aliphatic heterocycles. The van der Waals surface area contributed by atoms with E-state index < -0.39 is 0 Å². The van der Waals surface area contributed by atoms with E-state index in [2.05, 4.69) is 15.3 Å². The fraction of sp³-hybridized carbons (Fsp3) is 0.333. The van der Waals surface area contributed by atoms with Crippen molar-refractivity contribution in [3.05, 3.63) is 36.4 Å². The van der Waals surface area contributed by atoms with E-state index in [-0.39, 0.29) is 6.10 Å². The first-order valence-corrected chi connectivity index (χ1v) is 6.81. The van der Waals surface area contributed by atoms with Gasteiger partial charge in [0.15, 0.2) is 5.82 Å². The van der Waals surface area contributed by atoms with Crippen LogP contribution in [0, 0.1) is 0 Å². The second kappa shape index (κ2) is 6.86. The Morgan fingerprint density at radius 2 is 2.00 bits per heavy atom. The van der Waals surface area contributed by atoms with Crippen LogP contribution >= 0.6 is 0 Å². The number of aliphatic hydroxyl groups is 1. The molecule has 1 heterocycles. The fourth-order valence-corrected chi connectivity index (χ4v) is 1.93. The van der Waals surface area contributed by atoms with Crippen LogP contribution in [0.3, 0.4) is 0 Å². The highest BCUT2D eigenvalue weighted by atomic mass is 16.3. The Labute approximate surface area is 118 Å². The van der Waals surface area contributed by atoms with Gasteiger partial charge in [-0.2, -0.15) is 0 Å². The average molecular weight is 272 g/mol. The standard InChI is InChI=1S/C15H20N4O/c1-2-6-12(20)10-17-14-9-13(16)18-15(19-14)11-7-4-3-5-8-11/h3-5,7-9,12,20H,2,6,10H2,1H3,(H3,16,17,18,19). The molecule has 0 amide bonds. The third-order valence-corrected chi connectivity index (χ3v) is 2.92. The van der Waals surface area contributed by atoms with Crippen molar-refractivity contribution in [3.8, 4) is 11.4 Å². The number of nitrogens with zero attached hydrogens (tertiary/aromatic N) is 2. The highest BCUT2D eigenvalue weighted by Crippen LogP contribution is 2.18. The summed E-state index contributed by atoms with van der Waals surface area (Å²) in [6.07, 6.45) is 1.33. The van der Waals surface area contributed by atoms with Gasteiger partial charge in [0.25, 0.3) is 0 Å². The number of aromatic nitrogens is 2. The van der Waals surface area contributed by atoms with E-state index in [1.54, 1.807) is 6.07 Å². The lowest BCUT2D eigenvalue weighted by atomic mass is 10.2. The van der Waals surface area contributed by atoms with Gasteiger partial charge >= 0.3 is 0 Å². The number of rotatable bonds is 6. The molecule has 5 nitrogen and oxygen atoms in total. The molecular formula is C15H20N4O. The molecule has 106 valence electrons. The first-order chi connectivity index (χ1) is 9.69. The third kappa shape index (κ3) is 3.93. The topological polar surface area (TPSA) is 84.1 Å². The Morgan fingerprint density at radius 1 is 1.25 bits per heavy atom. The van der Waals surface area contributed by atoms with E-state index in [0.717, 1.165) is 18.4 Å². The second-order valence-corrected chi connectivity index (χ2v) is 4.69. The molecule has 0 saturated heterocycles. The Hall–Kier alpha value is -2.14. The lowest BCUT2D eigenvalue weighted by Crippen LogP contribution is -2.19. The summed E-state index contributed by atoms with van der Waals surface area (Å²) in [6.45, 7) is 2.50. The summed E-state index contributed by atoms with van der Waals surface area (Å²) < 4.78 is 0. The number of hydrogen-bond acceptors (Lipinski definition) is 5. The normalized spacial score (nSPS) is 12.1. The van der Waals surface area contributed by atoms with Crippen LogP contribution < -0.4 is 11.1 Å². The number of aliphatic hydroxyl groups excluding tert-OH is 1. The molecule has 1 aromatic carbocycles. The second-order valence-electron chi connectivity index (χ2n) is 4.69. The minimum absolute atomic E-state index is 0.378. The quantitative estimate of drug-likeness (QED) is 0.751. The van der Waals surface area contributed by atoms with Crippen LogP contribution in [0.2, 0.25) is 0 Å². The van der Waals surface area contributed by atoms with Gasteiger partial charge in [-0.05, 0) is 6.42 Å². The molecule has 1 atom stereocenters. The minimum Gasteiger partial charge on any atom is -0.391 e. The van der Waals surface area contributed by atoms with Crippen molar-refractivity contribution in [2.24, 2.45) is 0 Å². The summed E-state index contributed by atoms with van der Waals surface area (Å²) in [6, 6.07) is 11.3. The van der Waals surface area contributed by atoms with Gasteiger partial charge in [-0.1, -0.05) is 43.7 Å². The summed E-state index contributed by atoms with van der Waals surface area (Å²) >= 11 is 0. The Morgan fingerprint density at radius 3 is 2.70 bits per heavy atom. The van der Waals surface area contributed by atoms with Crippen molar-refractivity contribution in [2.45, 2.75) is 25.9 Å². The molecule has 20 heavy (non-hydrogen) atoms. The number of anilines is 2. The molecule has 2 aromatic rings. The van der Waals surface area contributed by atoms with Crippen molar-refractivity contribution in [2.75, 3.05) is 17.6 Å². The van der Waals surface area contributed by atoms with Crippen LogP contribution in [0.1, 0.15) is 19.8 Å². The van der Waals surface area contributed by atoms with Crippen molar-refractivity contribution < 1.29 is 5.11 Å². The Bertz CT molecular complexity index is 545. The Kier molecular flexibility index (Phi) is 4.90. The molecule has 0 bridgehead atoms. The third-order valence-electron chi connectivity index (χ3n) is 2.92. The fourth-order valence-electron chi connectivity index (χ4n) is 1.93. The van der Waals surface area contributed by atoms with Gasteiger partial charge in [0.05, 0.1) is 6.10 Å². The van der Waals surface area contributed by atoms with E-state index >= 15 is 0 Å². The number of hydrogen-bond donors (Lipinski definition) is 3.